The van der Waals surface area contributed by atoms with Gasteiger partial charge in [0.2, 0.25) is 8.32 Å². The average Bonchev–Trinajstić information content (AvgIpc) is 3.11. The minimum absolute atomic E-state index is 0.0531. The van der Waals surface area contributed by atoms with Gasteiger partial charge in [-0.25, -0.2) is 4.79 Å². The Kier molecular flexibility index (Phi) is 6.74. The molecule has 176 valence electrons. The predicted octanol–water partition coefficient (Wildman–Crippen LogP) is 5.10. The van der Waals surface area contributed by atoms with Crippen LogP contribution in [-0.4, -0.2) is 33.0 Å². The van der Waals surface area contributed by atoms with Crippen molar-refractivity contribution in [3.63, 3.8) is 0 Å². The van der Waals surface area contributed by atoms with Crippen molar-refractivity contribution >= 4 is 26.1 Å². The zero-order valence-corrected chi connectivity index (χ0v) is 20.7. The summed E-state index contributed by atoms with van der Waals surface area (Å²) < 4.78 is 11.3. The number of hydrogen-bond donors (Lipinski definition) is 2. The van der Waals surface area contributed by atoms with E-state index in [0.29, 0.717) is 5.69 Å². The number of amides is 1. The summed E-state index contributed by atoms with van der Waals surface area (Å²) in [5.74, 6) is -0.507. The first-order chi connectivity index (χ1) is 16.2. The molecule has 0 radical (unpaired) electrons. The second-order valence-corrected chi connectivity index (χ2v) is 13.9. The predicted molar refractivity (Wildman–Crippen MR) is 136 cm³/mol. The lowest BCUT2D eigenvalue weighted by Gasteiger charge is -2.24. The Morgan fingerprint density at radius 3 is 2.03 bits per heavy atom. The number of benzene rings is 3. The first-order valence-electron chi connectivity index (χ1n) is 11.4. The molecule has 6 nitrogen and oxygen atoms in total. The molecule has 0 spiro atoms. The Bertz CT molecular complexity index is 1140. The fourth-order valence-corrected chi connectivity index (χ4v) is 4.98. The van der Waals surface area contributed by atoms with Crippen molar-refractivity contribution in [1.82, 2.24) is 5.32 Å². The number of rotatable bonds is 7. The molecule has 0 aliphatic heterocycles. The van der Waals surface area contributed by atoms with Crippen LogP contribution in [0.3, 0.4) is 0 Å². The van der Waals surface area contributed by atoms with E-state index in [9.17, 15) is 9.59 Å². The quantitative estimate of drug-likeness (QED) is 0.367. The number of anilines is 1. The fourth-order valence-electron chi connectivity index (χ4n) is 4.24. The molecule has 7 heteroatoms. The number of hydrogen-bond acceptors (Lipinski definition) is 5. The van der Waals surface area contributed by atoms with E-state index in [1.165, 1.54) is 0 Å². The maximum atomic E-state index is 12.9. The number of fused-ring (bicyclic) bond motifs is 3. The van der Waals surface area contributed by atoms with Gasteiger partial charge in [0.15, 0.2) is 0 Å². The number of nitrogen functional groups attached to an aromatic ring is 1. The first kappa shape index (κ1) is 23.6. The maximum Gasteiger partial charge on any atom is 0.407 e. The van der Waals surface area contributed by atoms with E-state index in [1.807, 2.05) is 56.0 Å². The van der Waals surface area contributed by atoms with Gasteiger partial charge in [0, 0.05) is 18.0 Å². The third kappa shape index (κ3) is 5.48. The maximum absolute atomic E-state index is 12.9. The topological polar surface area (TPSA) is 90.6 Å². The van der Waals surface area contributed by atoms with Crippen LogP contribution in [0.4, 0.5) is 10.5 Å². The fraction of sp³-hybridized carbons (Fsp3) is 0.259. The molecule has 3 N–H and O–H groups in total. The van der Waals surface area contributed by atoms with Crippen LogP contribution in [0.1, 0.15) is 22.6 Å². The second-order valence-electron chi connectivity index (χ2n) is 9.50. The Morgan fingerprint density at radius 2 is 1.47 bits per heavy atom. The minimum atomic E-state index is -2.14. The van der Waals surface area contributed by atoms with Gasteiger partial charge in [-0.1, -0.05) is 60.7 Å². The van der Waals surface area contributed by atoms with Crippen molar-refractivity contribution in [1.29, 1.82) is 0 Å². The Balaban J connectivity index is 1.46. The summed E-state index contributed by atoms with van der Waals surface area (Å²) in [5.41, 5.74) is 11.9. The van der Waals surface area contributed by atoms with Gasteiger partial charge >= 0.3 is 12.1 Å². The van der Waals surface area contributed by atoms with Gasteiger partial charge in [-0.05, 0) is 59.6 Å². The summed E-state index contributed by atoms with van der Waals surface area (Å²) in [5, 5.41) is 2.73. The molecule has 0 fully saturated rings. The van der Waals surface area contributed by atoms with Crippen LogP contribution < -0.4 is 11.1 Å². The van der Waals surface area contributed by atoms with Crippen LogP contribution in [0.15, 0.2) is 72.8 Å². The standard InChI is InChI=1S/C27H30N2O4Si/c1-34(2,3)33-26(30)25(16-18-12-14-19(28)15-13-18)29-27(31)32-17-24-22-10-6-4-8-20(22)21-9-5-7-11-23(21)24/h4-15,24-25H,16-17,28H2,1-3H3,(H,29,31)/t25-/m0/s1. The van der Waals surface area contributed by atoms with Crippen molar-refractivity contribution in [2.45, 2.75) is 38.0 Å². The molecule has 4 rings (SSSR count). The molecule has 3 aromatic carbocycles. The molecule has 0 heterocycles. The molecule has 0 bridgehead atoms. The van der Waals surface area contributed by atoms with Gasteiger partial charge < -0.3 is 20.2 Å². The summed E-state index contributed by atoms with van der Waals surface area (Å²) in [6.45, 7) is 5.97. The van der Waals surface area contributed by atoms with Crippen LogP contribution >= 0.6 is 0 Å². The van der Waals surface area contributed by atoms with Gasteiger partial charge in [-0.15, -0.1) is 0 Å². The zero-order valence-electron chi connectivity index (χ0n) is 19.7. The van der Waals surface area contributed by atoms with Gasteiger partial charge in [-0.2, -0.15) is 0 Å². The number of nitrogens with two attached hydrogens (primary N) is 1. The number of alkyl carbamates (subject to hydrolysis) is 1. The number of nitrogens with one attached hydrogen (secondary N) is 1. The van der Waals surface area contributed by atoms with Gasteiger partial charge in [0.25, 0.3) is 0 Å². The van der Waals surface area contributed by atoms with E-state index < -0.39 is 26.4 Å². The van der Waals surface area contributed by atoms with E-state index in [4.69, 9.17) is 14.9 Å². The monoisotopic (exact) mass is 474 g/mol. The summed E-state index contributed by atoms with van der Waals surface area (Å²) in [6, 6.07) is 22.7. The van der Waals surface area contributed by atoms with E-state index in [0.717, 1.165) is 27.8 Å². The number of carbonyl (C=O) groups excluding carboxylic acids is 2. The molecule has 0 aromatic heterocycles. The Hall–Kier alpha value is -3.58. The van der Waals surface area contributed by atoms with Crippen molar-refractivity contribution in [3.8, 4) is 11.1 Å². The molecule has 1 amide bonds. The number of ether oxygens (including phenoxy) is 1. The SMILES string of the molecule is C[Si](C)(C)OC(=O)[C@H](Cc1ccc(N)cc1)NC(=O)OCC1c2ccccc2-c2ccccc21. The van der Waals surface area contributed by atoms with Crippen LogP contribution in [0.2, 0.25) is 19.6 Å². The summed E-state index contributed by atoms with van der Waals surface area (Å²) >= 11 is 0. The third-order valence-electron chi connectivity index (χ3n) is 5.75. The van der Waals surface area contributed by atoms with E-state index in [1.54, 1.807) is 12.1 Å². The molecule has 0 saturated carbocycles. The van der Waals surface area contributed by atoms with E-state index >= 15 is 0 Å². The van der Waals surface area contributed by atoms with Crippen molar-refractivity contribution < 1.29 is 18.8 Å². The summed E-state index contributed by atoms with van der Waals surface area (Å²) in [6.07, 6.45) is -0.358. The highest BCUT2D eigenvalue weighted by molar-refractivity contribution is 6.71. The lowest BCUT2D eigenvalue weighted by molar-refractivity contribution is -0.137. The first-order valence-corrected chi connectivity index (χ1v) is 14.8. The molecule has 0 saturated heterocycles. The largest absolute Gasteiger partial charge is 0.518 e. The second kappa shape index (κ2) is 9.73. The Morgan fingerprint density at radius 1 is 0.912 bits per heavy atom. The van der Waals surface area contributed by atoms with Crippen molar-refractivity contribution in [2.24, 2.45) is 0 Å². The molecule has 3 aromatic rings. The van der Waals surface area contributed by atoms with Crippen LogP contribution in [0.25, 0.3) is 11.1 Å². The van der Waals surface area contributed by atoms with Gasteiger partial charge in [0.05, 0.1) is 0 Å². The molecular formula is C27H30N2O4Si. The highest BCUT2D eigenvalue weighted by atomic mass is 28.4. The molecule has 1 aliphatic carbocycles. The van der Waals surface area contributed by atoms with Crippen LogP contribution in [-0.2, 0) is 20.4 Å². The zero-order chi connectivity index (χ0) is 24.3. The van der Waals surface area contributed by atoms with E-state index in [2.05, 4.69) is 29.6 Å². The Labute approximate surface area is 201 Å². The molecule has 0 unspecified atom stereocenters. The van der Waals surface area contributed by atoms with Gasteiger partial charge in [0.1, 0.15) is 12.6 Å². The third-order valence-corrected chi connectivity index (χ3v) is 6.56. The van der Waals surface area contributed by atoms with E-state index in [-0.39, 0.29) is 18.9 Å². The van der Waals surface area contributed by atoms with Crippen molar-refractivity contribution in [2.75, 3.05) is 12.3 Å². The van der Waals surface area contributed by atoms with Crippen LogP contribution in [0.5, 0.6) is 0 Å². The van der Waals surface area contributed by atoms with Crippen molar-refractivity contribution in [3.05, 3.63) is 89.5 Å². The molecular weight excluding hydrogens is 444 g/mol. The highest BCUT2D eigenvalue weighted by Crippen LogP contribution is 2.44. The molecule has 34 heavy (non-hydrogen) atoms. The number of carbonyl (C=O) groups is 2. The molecule has 1 atom stereocenters. The lowest BCUT2D eigenvalue weighted by atomic mass is 9.98. The highest BCUT2D eigenvalue weighted by Gasteiger charge is 2.31. The lowest BCUT2D eigenvalue weighted by Crippen LogP contribution is -2.47. The minimum Gasteiger partial charge on any atom is -0.518 e. The smallest absolute Gasteiger partial charge is 0.407 e. The normalized spacial score (nSPS) is 13.5. The summed E-state index contributed by atoms with van der Waals surface area (Å²) in [4.78, 5) is 25.7. The average molecular weight is 475 g/mol. The van der Waals surface area contributed by atoms with Crippen LogP contribution in [0, 0.1) is 0 Å². The van der Waals surface area contributed by atoms with Gasteiger partial charge in [-0.3, -0.25) is 4.79 Å². The summed E-state index contributed by atoms with van der Waals surface area (Å²) in [7, 11) is -2.14. The molecule has 1 aliphatic rings.